The number of benzene rings is 1. The maximum absolute atomic E-state index is 13.0. The molecular formula is C9H10Cl2FN. The Kier molecular flexibility index (Phi) is 3.97. The number of hydrogen-bond acceptors (Lipinski definition) is 1. The summed E-state index contributed by atoms with van der Waals surface area (Å²) in [7, 11) is 1.85. The van der Waals surface area contributed by atoms with Gasteiger partial charge in [0.2, 0.25) is 0 Å². The summed E-state index contributed by atoms with van der Waals surface area (Å²) in [5, 5.41) is 3.15. The molecular weight excluding hydrogens is 212 g/mol. The van der Waals surface area contributed by atoms with Gasteiger partial charge in [0.25, 0.3) is 0 Å². The standard InChI is InChI=1S/C9H10Cl2FN/c1-13-3-2-6-4-7(10)9(12)8(11)5-6/h4-5,13H,2-3H2,1H3. The largest absolute Gasteiger partial charge is 0.319 e. The van der Waals surface area contributed by atoms with E-state index < -0.39 is 5.82 Å². The number of halogens is 3. The Hall–Kier alpha value is -0.310. The lowest BCUT2D eigenvalue weighted by Crippen LogP contribution is -2.10. The highest BCUT2D eigenvalue weighted by Gasteiger charge is 2.06. The van der Waals surface area contributed by atoms with E-state index in [9.17, 15) is 4.39 Å². The summed E-state index contributed by atoms with van der Waals surface area (Å²) in [4.78, 5) is 0. The Balaban J connectivity index is 2.86. The van der Waals surface area contributed by atoms with E-state index in [1.54, 1.807) is 12.1 Å². The summed E-state index contributed by atoms with van der Waals surface area (Å²) >= 11 is 11.2. The highest BCUT2D eigenvalue weighted by atomic mass is 35.5. The second-order valence-corrected chi connectivity index (χ2v) is 3.54. The van der Waals surface area contributed by atoms with Crippen molar-refractivity contribution < 1.29 is 4.39 Å². The molecule has 0 aliphatic heterocycles. The van der Waals surface area contributed by atoms with Crippen LogP contribution in [0.25, 0.3) is 0 Å². The third-order valence-electron chi connectivity index (χ3n) is 1.71. The van der Waals surface area contributed by atoms with Gasteiger partial charge in [-0.05, 0) is 37.7 Å². The van der Waals surface area contributed by atoms with Crippen molar-refractivity contribution in [1.29, 1.82) is 0 Å². The van der Waals surface area contributed by atoms with Crippen molar-refractivity contribution >= 4 is 23.2 Å². The van der Waals surface area contributed by atoms with Crippen LogP contribution in [0.1, 0.15) is 5.56 Å². The maximum atomic E-state index is 13.0. The van der Waals surface area contributed by atoms with Crippen LogP contribution in [0.15, 0.2) is 12.1 Å². The third-order valence-corrected chi connectivity index (χ3v) is 2.26. The molecule has 0 bridgehead atoms. The Labute approximate surface area is 86.8 Å². The predicted molar refractivity (Wildman–Crippen MR) is 54.1 cm³/mol. The first-order valence-corrected chi connectivity index (χ1v) is 4.68. The molecule has 1 N–H and O–H groups in total. The van der Waals surface area contributed by atoms with Gasteiger partial charge in [-0.3, -0.25) is 0 Å². The summed E-state index contributed by atoms with van der Waals surface area (Å²) in [5.41, 5.74) is 0.936. The Bertz CT molecular complexity index is 279. The molecule has 1 aromatic carbocycles. The van der Waals surface area contributed by atoms with Gasteiger partial charge in [-0.15, -0.1) is 0 Å². The van der Waals surface area contributed by atoms with Crippen molar-refractivity contribution in [2.24, 2.45) is 0 Å². The first kappa shape index (κ1) is 10.8. The molecule has 0 aliphatic carbocycles. The molecule has 0 spiro atoms. The van der Waals surface area contributed by atoms with Crippen LogP contribution in [0, 0.1) is 5.82 Å². The summed E-state index contributed by atoms with van der Waals surface area (Å²) in [6, 6.07) is 3.19. The molecule has 4 heteroatoms. The van der Waals surface area contributed by atoms with Gasteiger partial charge in [0.05, 0.1) is 10.0 Å². The lowest BCUT2D eigenvalue weighted by Gasteiger charge is -2.03. The molecule has 0 fully saturated rings. The summed E-state index contributed by atoms with van der Waals surface area (Å²) in [6.07, 6.45) is 0.788. The molecule has 0 saturated heterocycles. The minimum absolute atomic E-state index is 0.0820. The highest BCUT2D eigenvalue weighted by Crippen LogP contribution is 2.24. The van der Waals surface area contributed by atoms with Crippen LogP contribution in [-0.2, 0) is 6.42 Å². The molecule has 0 aromatic heterocycles. The van der Waals surface area contributed by atoms with E-state index in [2.05, 4.69) is 5.32 Å². The second-order valence-electron chi connectivity index (χ2n) is 2.73. The fourth-order valence-corrected chi connectivity index (χ4v) is 1.55. The Morgan fingerprint density at radius 1 is 1.31 bits per heavy atom. The average molecular weight is 222 g/mol. The van der Waals surface area contributed by atoms with E-state index in [4.69, 9.17) is 23.2 Å². The SMILES string of the molecule is CNCCc1cc(Cl)c(F)c(Cl)c1. The van der Waals surface area contributed by atoms with Gasteiger partial charge in [0.1, 0.15) is 0 Å². The van der Waals surface area contributed by atoms with Gasteiger partial charge in [0, 0.05) is 0 Å². The first-order valence-electron chi connectivity index (χ1n) is 3.93. The topological polar surface area (TPSA) is 12.0 Å². The zero-order chi connectivity index (χ0) is 9.84. The zero-order valence-corrected chi connectivity index (χ0v) is 8.71. The smallest absolute Gasteiger partial charge is 0.160 e. The van der Waals surface area contributed by atoms with Gasteiger partial charge in [0.15, 0.2) is 5.82 Å². The number of likely N-dealkylation sites (N-methyl/N-ethyl adjacent to an activating group) is 1. The van der Waals surface area contributed by atoms with E-state index in [0.717, 1.165) is 18.5 Å². The van der Waals surface area contributed by atoms with E-state index >= 15 is 0 Å². The molecule has 0 amide bonds. The molecule has 0 saturated carbocycles. The summed E-state index contributed by atoms with van der Waals surface area (Å²) in [5.74, 6) is -0.545. The molecule has 0 radical (unpaired) electrons. The zero-order valence-electron chi connectivity index (χ0n) is 7.20. The van der Waals surface area contributed by atoms with Crippen molar-refractivity contribution in [2.45, 2.75) is 6.42 Å². The van der Waals surface area contributed by atoms with Crippen molar-refractivity contribution in [3.05, 3.63) is 33.6 Å². The minimum Gasteiger partial charge on any atom is -0.319 e. The fraction of sp³-hybridized carbons (Fsp3) is 0.333. The van der Waals surface area contributed by atoms with Crippen LogP contribution in [0.5, 0.6) is 0 Å². The molecule has 0 heterocycles. The summed E-state index contributed by atoms with van der Waals surface area (Å²) < 4.78 is 13.0. The molecule has 72 valence electrons. The summed E-state index contributed by atoms with van der Waals surface area (Å²) in [6.45, 7) is 0.818. The molecule has 1 aromatic rings. The van der Waals surface area contributed by atoms with Gasteiger partial charge in [-0.1, -0.05) is 23.2 Å². The van der Waals surface area contributed by atoms with E-state index in [1.807, 2.05) is 7.05 Å². The van der Waals surface area contributed by atoms with Crippen LogP contribution in [0.3, 0.4) is 0 Å². The molecule has 1 rings (SSSR count). The predicted octanol–water partition coefficient (Wildman–Crippen LogP) is 2.89. The minimum atomic E-state index is -0.545. The Morgan fingerprint density at radius 3 is 2.31 bits per heavy atom. The second kappa shape index (κ2) is 4.80. The van der Waals surface area contributed by atoms with Gasteiger partial charge < -0.3 is 5.32 Å². The molecule has 1 nitrogen and oxygen atoms in total. The lowest BCUT2D eigenvalue weighted by atomic mass is 10.1. The van der Waals surface area contributed by atoms with Gasteiger partial charge in [-0.25, -0.2) is 4.39 Å². The number of nitrogens with one attached hydrogen (secondary N) is 1. The average Bonchev–Trinajstić information content (AvgIpc) is 2.10. The normalized spacial score (nSPS) is 10.5. The van der Waals surface area contributed by atoms with E-state index in [0.29, 0.717) is 0 Å². The molecule has 13 heavy (non-hydrogen) atoms. The monoisotopic (exact) mass is 221 g/mol. The highest BCUT2D eigenvalue weighted by molar-refractivity contribution is 6.34. The molecule has 0 atom stereocenters. The van der Waals surface area contributed by atoms with E-state index in [1.165, 1.54) is 0 Å². The maximum Gasteiger partial charge on any atom is 0.160 e. The van der Waals surface area contributed by atoms with E-state index in [-0.39, 0.29) is 10.0 Å². The van der Waals surface area contributed by atoms with Crippen molar-refractivity contribution in [1.82, 2.24) is 5.32 Å². The van der Waals surface area contributed by atoms with Crippen LogP contribution in [0.2, 0.25) is 10.0 Å². The van der Waals surface area contributed by atoms with Gasteiger partial charge >= 0.3 is 0 Å². The Morgan fingerprint density at radius 2 is 1.85 bits per heavy atom. The first-order chi connectivity index (χ1) is 6.15. The van der Waals surface area contributed by atoms with Crippen LogP contribution in [-0.4, -0.2) is 13.6 Å². The van der Waals surface area contributed by atoms with Crippen molar-refractivity contribution in [3.8, 4) is 0 Å². The number of hydrogen-bond donors (Lipinski definition) is 1. The van der Waals surface area contributed by atoms with Crippen LogP contribution in [0.4, 0.5) is 4.39 Å². The van der Waals surface area contributed by atoms with Gasteiger partial charge in [-0.2, -0.15) is 0 Å². The molecule has 0 unspecified atom stereocenters. The molecule has 0 aliphatic rings. The number of rotatable bonds is 3. The quantitative estimate of drug-likeness (QED) is 0.775. The van der Waals surface area contributed by atoms with Crippen molar-refractivity contribution in [2.75, 3.05) is 13.6 Å². The fourth-order valence-electron chi connectivity index (χ4n) is 1.02. The lowest BCUT2D eigenvalue weighted by molar-refractivity contribution is 0.627. The van der Waals surface area contributed by atoms with Crippen molar-refractivity contribution in [3.63, 3.8) is 0 Å². The van der Waals surface area contributed by atoms with Crippen LogP contribution >= 0.6 is 23.2 Å². The third kappa shape index (κ3) is 2.83. The van der Waals surface area contributed by atoms with Crippen LogP contribution < -0.4 is 5.32 Å².